The molecule has 7 nitrogen and oxygen atoms in total. The average Bonchev–Trinajstić information content (AvgIpc) is 2.74. The molecule has 1 fully saturated rings. The maximum atomic E-state index is 13.3. The van der Waals surface area contributed by atoms with Gasteiger partial charge in [0.2, 0.25) is 0 Å². The van der Waals surface area contributed by atoms with Crippen molar-refractivity contribution in [1.29, 1.82) is 5.41 Å². The van der Waals surface area contributed by atoms with Gasteiger partial charge in [-0.15, -0.1) is 0 Å². The Labute approximate surface area is 175 Å². The van der Waals surface area contributed by atoms with Crippen molar-refractivity contribution in [3.8, 4) is 0 Å². The molecule has 3 heterocycles. The van der Waals surface area contributed by atoms with Crippen molar-refractivity contribution < 1.29 is 4.79 Å². The van der Waals surface area contributed by atoms with Gasteiger partial charge in [0, 0.05) is 18.3 Å². The van der Waals surface area contributed by atoms with Crippen molar-refractivity contribution in [3.05, 3.63) is 51.4 Å². The van der Waals surface area contributed by atoms with Gasteiger partial charge in [-0.2, -0.15) is 0 Å². The zero-order valence-corrected chi connectivity index (χ0v) is 17.9. The third kappa shape index (κ3) is 3.53. The molecule has 0 bridgehead atoms. The molecule has 1 aliphatic carbocycles. The lowest BCUT2D eigenvalue weighted by atomic mass is 9.95. The SMILES string of the molecule is CC[C@H](C)n1c(=N)c(C(=O)NC2CCCCC2)cc2c(=O)n3cc(C)ccc3nc21. The van der Waals surface area contributed by atoms with Gasteiger partial charge in [0.15, 0.2) is 0 Å². The molecule has 1 atom stereocenters. The van der Waals surface area contributed by atoms with Crippen molar-refractivity contribution in [1.82, 2.24) is 19.3 Å². The standard InChI is InChI=1S/C23H29N5O2/c1-4-15(3)28-20(24)17(22(29)25-16-8-6-5-7-9-16)12-18-21(28)26-19-11-10-14(2)13-27(19)23(18)30/h10-13,15-16,24H,4-9H2,1-3H3,(H,25,29)/t15-/m0/s1. The highest BCUT2D eigenvalue weighted by atomic mass is 16.2. The van der Waals surface area contributed by atoms with Crippen molar-refractivity contribution >= 4 is 22.6 Å². The first kappa shape index (κ1) is 20.3. The van der Waals surface area contributed by atoms with Crippen molar-refractivity contribution in [2.45, 2.75) is 71.4 Å². The Bertz CT molecular complexity index is 1230. The number of hydrogen-bond acceptors (Lipinski definition) is 4. The average molecular weight is 408 g/mol. The number of rotatable bonds is 4. The highest BCUT2D eigenvalue weighted by Crippen LogP contribution is 2.19. The predicted molar refractivity (Wildman–Crippen MR) is 117 cm³/mol. The summed E-state index contributed by atoms with van der Waals surface area (Å²) in [6.45, 7) is 5.93. The van der Waals surface area contributed by atoms with Gasteiger partial charge in [-0.1, -0.05) is 32.3 Å². The van der Waals surface area contributed by atoms with Crippen LogP contribution in [0, 0.1) is 12.3 Å². The van der Waals surface area contributed by atoms with Gasteiger partial charge in [0.05, 0.1) is 10.9 Å². The Morgan fingerprint density at radius 2 is 2.03 bits per heavy atom. The Morgan fingerprint density at radius 3 is 2.73 bits per heavy atom. The highest BCUT2D eigenvalue weighted by Gasteiger charge is 2.22. The van der Waals surface area contributed by atoms with E-state index in [0.29, 0.717) is 16.7 Å². The summed E-state index contributed by atoms with van der Waals surface area (Å²) >= 11 is 0. The van der Waals surface area contributed by atoms with Gasteiger partial charge in [0.25, 0.3) is 11.5 Å². The first-order valence-electron chi connectivity index (χ1n) is 10.8. The molecule has 7 heteroatoms. The smallest absolute Gasteiger partial charge is 0.267 e. The van der Waals surface area contributed by atoms with Crippen molar-refractivity contribution in [2.24, 2.45) is 0 Å². The molecule has 1 saturated carbocycles. The Balaban J connectivity index is 1.94. The second-order valence-corrected chi connectivity index (χ2v) is 8.43. The van der Waals surface area contributed by atoms with Crippen LogP contribution in [0.3, 0.4) is 0 Å². The van der Waals surface area contributed by atoms with Crippen LogP contribution >= 0.6 is 0 Å². The lowest BCUT2D eigenvalue weighted by Gasteiger charge is -2.24. The molecule has 0 unspecified atom stereocenters. The fourth-order valence-corrected chi connectivity index (χ4v) is 4.30. The van der Waals surface area contributed by atoms with Crippen LogP contribution in [0.4, 0.5) is 0 Å². The van der Waals surface area contributed by atoms with Crippen molar-refractivity contribution in [2.75, 3.05) is 0 Å². The van der Waals surface area contributed by atoms with E-state index in [0.717, 1.165) is 37.7 Å². The largest absolute Gasteiger partial charge is 0.349 e. The van der Waals surface area contributed by atoms with Gasteiger partial charge in [0.1, 0.15) is 16.8 Å². The predicted octanol–water partition coefficient (Wildman–Crippen LogP) is 3.47. The van der Waals surface area contributed by atoms with E-state index >= 15 is 0 Å². The number of pyridine rings is 2. The fraction of sp³-hybridized carbons (Fsp3) is 0.478. The van der Waals surface area contributed by atoms with E-state index in [-0.39, 0.29) is 34.6 Å². The monoisotopic (exact) mass is 407 g/mol. The second kappa shape index (κ2) is 8.05. The van der Waals surface area contributed by atoms with Crippen LogP contribution < -0.4 is 16.4 Å². The summed E-state index contributed by atoms with van der Waals surface area (Å²) < 4.78 is 3.25. The van der Waals surface area contributed by atoms with E-state index in [1.54, 1.807) is 16.8 Å². The van der Waals surface area contributed by atoms with E-state index in [2.05, 4.69) is 5.32 Å². The van der Waals surface area contributed by atoms with Crippen LogP contribution in [0.1, 0.15) is 74.3 Å². The molecule has 0 aliphatic heterocycles. The molecule has 1 amide bonds. The Morgan fingerprint density at radius 1 is 1.30 bits per heavy atom. The molecule has 0 aromatic carbocycles. The summed E-state index contributed by atoms with van der Waals surface area (Å²) in [6, 6.07) is 5.34. The van der Waals surface area contributed by atoms with Crippen LogP contribution in [-0.2, 0) is 0 Å². The van der Waals surface area contributed by atoms with Crippen LogP contribution in [0.25, 0.3) is 16.7 Å². The molecule has 2 N–H and O–H groups in total. The number of carbonyl (C=O) groups is 1. The van der Waals surface area contributed by atoms with Crippen LogP contribution in [-0.4, -0.2) is 25.9 Å². The minimum atomic E-state index is -0.278. The summed E-state index contributed by atoms with van der Waals surface area (Å²) in [7, 11) is 0. The number of fused-ring (bicyclic) bond motifs is 2. The molecular weight excluding hydrogens is 378 g/mol. The summed E-state index contributed by atoms with van der Waals surface area (Å²) in [4.78, 5) is 31.1. The first-order chi connectivity index (χ1) is 14.4. The van der Waals surface area contributed by atoms with E-state index in [1.165, 1.54) is 10.8 Å². The molecule has 0 spiro atoms. The molecule has 0 saturated heterocycles. The van der Waals surface area contributed by atoms with Crippen LogP contribution in [0.5, 0.6) is 0 Å². The van der Waals surface area contributed by atoms with Crippen LogP contribution in [0.2, 0.25) is 0 Å². The van der Waals surface area contributed by atoms with Gasteiger partial charge in [-0.3, -0.25) is 19.4 Å². The quantitative estimate of drug-likeness (QED) is 0.649. The molecule has 3 aromatic heterocycles. The second-order valence-electron chi connectivity index (χ2n) is 8.43. The molecule has 3 aromatic rings. The molecule has 1 aliphatic rings. The third-order valence-electron chi connectivity index (χ3n) is 6.21. The maximum absolute atomic E-state index is 13.3. The fourth-order valence-electron chi connectivity index (χ4n) is 4.30. The number of hydrogen-bond donors (Lipinski definition) is 2. The van der Waals surface area contributed by atoms with E-state index in [4.69, 9.17) is 10.4 Å². The van der Waals surface area contributed by atoms with Gasteiger partial charge >= 0.3 is 0 Å². The van der Waals surface area contributed by atoms with E-state index < -0.39 is 0 Å². The number of amides is 1. The highest BCUT2D eigenvalue weighted by molar-refractivity contribution is 5.97. The maximum Gasteiger partial charge on any atom is 0.267 e. The Hall–Kier alpha value is -2.96. The van der Waals surface area contributed by atoms with Gasteiger partial charge in [-0.25, -0.2) is 4.98 Å². The number of nitrogens with zero attached hydrogens (tertiary/aromatic N) is 3. The third-order valence-corrected chi connectivity index (χ3v) is 6.21. The minimum absolute atomic E-state index is 0.0674. The normalized spacial score (nSPS) is 16.1. The summed E-state index contributed by atoms with van der Waals surface area (Å²) in [5.41, 5.74) is 2.06. The van der Waals surface area contributed by atoms with Crippen molar-refractivity contribution in [3.63, 3.8) is 0 Å². The molecular formula is C23H29N5O2. The summed E-state index contributed by atoms with van der Waals surface area (Å²) in [5, 5.41) is 12.2. The molecule has 0 radical (unpaired) electrons. The van der Waals surface area contributed by atoms with E-state index in [1.807, 2.05) is 32.9 Å². The molecule has 4 rings (SSSR count). The Kier molecular flexibility index (Phi) is 5.45. The van der Waals surface area contributed by atoms with Gasteiger partial charge in [-0.05, 0) is 50.8 Å². The number of carbonyl (C=O) groups excluding carboxylic acids is 1. The summed E-state index contributed by atoms with van der Waals surface area (Å²) in [5.74, 6) is -0.278. The number of nitrogens with one attached hydrogen (secondary N) is 2. The van der Waals surface area contributed by atoms with Crippen LogP contribution in [0.15, 0.2) is 29.2 Å². The molecule has 30 heavy (non-hydrogen) atoms. The zero-order chi connectivity index (χ0) is 21.4. The first-order valence-corrected chi connectivity index (χ1v) is 10.8. The molecule has 158 valence electrons. The topological polar surface area (TPSA) is 92.2 Å². The lowest BCUT2D eigenvalue weighted by molar-refractivity contribution is 0.0925. The minimum Gasteiger partial charge on any atom is -0.349 e. The lowest BCUT2D eigenvalue weighted by Crippen LogP contribution is -2.41. The zero-order valence-electron chi connectivity index (χ0n) is 17.9. The number of aromatic nitrogens is 3. The number of aryl methyl sites for hydroxylation is 1. The van der Waals surface area contributed by atoms with E-state index in [9.17, 15) is 9.59 Å². The summed E-state index contributed by atoms with van der Waals surface area (Å²) in [6.07, 6.45) is 7.87. The van der Waals surface area contributed by atoms with Gasteiger partial charge < -0.3 is 9.88 Å².